The number of para-hydroxylation sites is 1. The van der Waals surface area contributed by atoms with Crippen molar-refractivity contribution in [3.05, 3.63) is 71.4 Å². The number of alkyl halides is 3. The summed E-state index contributed by atoms with van der Waals surface area (Å²) in [4.78, 5) is 15.8. The highest BCUT2D eigenvalue weighted by Gasteiger charge is 2.51. The summed E-state index contributed by atoms with van der Waals surface area (Å²) in [6, 6.07) is 13.6. The van der Waals surface area contributed by atoms with E-state index in [9.17, 15) is 18.0 Å². The number of hydrogen-bond acceptors (Lipinski definition) is 1. The predicted octanol–water partition coefficient (Wildman–Crippen LogP) is 7.15. The first kappa shape index (κ1) is 24.0. The van der Waals surface area contributed by atoms with Gasteiger partial charge in [-0.25, -0.2) is 0 Å². The number of likely N-dealkylation sites (tertiary alicyclic amines) is 1. The maximum absolute atomic E-state index is 14.1. The zero-order valence-electron chi connectivity index (χ0n) is 20.8. The van der Waals surface area contributed by atoms with Gasteiger partial charge in [0.1, 0.15) is 0 Å². The molecular weight excluding hydrogens is 449 g/mol. The molecule has 1 aliphatic heterocycles. The van der Waals surface area contributed by atoms with E-state index in [4.69, 9.17) is 0 Å². The molecule has 1 amide bonds. The molecule has 0 spiro atoms. The number of hydrogen-bond donors (Lipinski definition) is 0. The van der Waals surface area contributed by atoms with E-state index in [0.717, 1.165) is 41.8 Å². The Bertz CT molecular complexity index is 1270. The molecule has 35 heavy (non-hydrogen) atoms. The molecule has 3 aromatic rings. The fraction of sp³-hybridized carbons (Fsp3) is 0.483. The first-order valence-corrected chi connectivity index (χ1v) is 12.4. The minimum absolute atomic E-state index is 0.0219. The van der Waals surface area contributed by atoms with Crippen LogP contribution in [0.2, 0.25) is 0 Å². The number of aryl methyl sites for hydroxylation is 1. The molecule has 2 fully saturated rings. The number of amides is 1. The van der Waals surface area contributed by atoms with Crippen LogP contribution >= 0.6 is 0 Å². The number of halogens is 3. The number of carbonyl (C=O) groups is 1. The maximum Gasteiger partial charge on any atom is 0.416 e. The number of aromatic nitrogens is 1. The van der Waals surface area contributed by atoms with Crippen LogP contribution < -0.4 is 0 Å². The fourth-order valence-corrected chi connectivity index (χ4v) is 7.14. The molecule has 5 rings (SSSR count). The van der Waals surface area contributed by atoms with Crippen LogP contribution in [0.4, 0.5) is 13.2 Å². The molecule has 3 unspecified atom stereocenters. The molecule has 3 atom stereocenters. The highest BCUT2D eigenvalue weighted by Crippen LogP contribution is 2.53. The van der Waals surface area contributed by atoms with Gasteiger partial charge < -0.3 is 9.47 Å². The average Bonchev–Trinajstić information content (AvgIpc) is 3.23. The normalized spacial score (nSPS) is 24.7. The van der Waals surface area contributed by atoms with E-state index >= 15 is 0 Å². The van der Waals surface area contributed by atoms with Crippen molar-refractivity contribution in [1.82, 2.24) is 9.47 Å². The Morgan fingerprint density at radius 2 is 1.71 bits per heavy atom. The second-order valence-corrected chi connectivity index (χ2v) is 11.8. The smallest absolute Gasteiger partial charge is 0.350 e. The summed E-state index contributed by atoms with van der Waals surface area (Å²) in [5.41, 5.74) is 1.43. The van der Waals surface area contributed by atoms with Crippen LogP contribution in [0.1, 0.15) is 69.1 Å². The molecule has 1 saturated heterocycles. The number of rotatable bonds is 4. The van der Waals surface area contributed by atoms with E-state index in [1.165, 1.54) is 12.1 Å². The van der Waals surface area contributed by atoms with Gasteiger partial charge in [-0.3, -0.25) is 4.79 Å². The molecule has 186 valence electrons. The van der Waals surface area contributed by atoms with Crippen molar-refractivity contribution in [3.63, 3.8) is 0 Å². The molecule has 1 aromatic heterocycles. The highest BCUT2D eigenvalue weighted by molar-refractivity contribution is 5.87. The first-order chi connectivity index (χ1) is 16.4. The van der Waals surface area contributed by atoms with Crippen molar-refractivity contribution in [2.45, 2.75) is 64.6 Å². The molecule has 2 bridgehead atoms. The van der Waals surface area contributed by atoms with E-state index in [1.807, 2.05) is 47.0 Å². The quantitative estimate of drug-likeness (QED) is 0.388. The lowest BCUT2D eigenvalue weighted by Gasteiger charge is -2.39. The lowest BCUT2D eigenvalue weighted by molar-refractivity contribution is -0.139. The van der Waals surface area contributed by atoms with Crippen LogP contribution in [-0.4, -0.2) is 28.0 Å². The van der Waals surface area contributed by atoms with Crippen molar-refractivity contribution in [2.75, 3.05) is 6.54 Å². The number of carbonyl (C=O) groups excluding carboxylic acids is 1. The van der Waals surface area contributed by atoms with Crippen molar-refractivity contribution in [3.8, 4) is 0 Å². The summed E-state index contributed by atoms with van der Waals surface area (Å²) in [6.07, 6.45) is 0.386. The van der Waals surface area contributed by atoms with Gasteiger partial charge in [0.05, 0.1) is 5.56 Å². The minimum atomic E-state index is -4.50. The third kappa shape index (κ3) is 4.36. The van der Waals surface area contributed by atoms with E-state index in [0.29, 0.717) is 6.54 Å². The summed E-state index contributed by atoms with van der Waals surface area (Å²) in [7, 11) is 1.90. The SMILES string of the molecule is Cn1cc(C(CC(=O)N2CC3(C)CC2CC(C)(C)C3)c2ccccc2C(F)(F)F)c2ccccc21. The summed E-state index contributed by atoms with van der Waals surface area (Å²) < 4.78 is 44.2. The van der Waals surface area contributed by atoms with Crippen LogP contribution in [-0.2, 0) is 18.0 Å². The topological polar surface area (TPSA) is 25.2 Å². The molecule has 0 radical (unpaired) electrons. The molecule has 2 aromatic carbocycles. The van der Waals surface area contributed by atoms with Gasteiger partial charge in [0, 0.05) is 49.1 Å². The predicted molar refractivity (Wildman–Crippen MR) is 132 cm³/mol. The van der Waals surface area contributed by atoms with Crippen molar-refractivity contribution in [1.29, 1.82) is 0 Å². The molecule has 2 heterocycles. The van der Waals surface area contributed by atoms with Gasteiger partial charge in [-0.15, -0.1) is 0 Å². The number of benzene rings is 2. The van der Waals surface area contributed by atoms with Gasteiger partial charge in [0.25, 0.3) is 0 Å². The standard InChI is InChI=1S/C29H33F3N2O/c1-27(2)14-19-15-28(3,17-27)18-34(19)26(35)13-22(20-9-5-7-11-24(20)29(30,31)32)23-16-33(4)25-12-8-6-10-21(23)25/h5-12,16,19,22H,13-15,17-18H2,1-4H3. The van der Waals surface area contributed by atoms with Crippen LogP contribution in [0.25, 0.3) is 10.9 Å². The Hall–Kier alpha value is -2.76. The lowest BCUT2D eigenvalue weighted by Crippen LogP contribution is -2.38. The summed E-state index contributed by atoms with van der Waals surface area (Å²) in [5.74, 6) is -0.737. The van der Waals surface area contributed by atoms with E-state index in [2.05, 4.69) is 20.8 Å². The summed E-state index contributed by atoms with van der Waals surface area (Å²) in [5, 5.41) is 0.887. The van der Waals surface area contributed by atoms with Gasteiger partial charge in [0.15, 0.2) is 0 Å². The van der Waals surface area contributed by atoms with Gasteiger partial charge in [-0.05, 0) is 53.4 Å². The second kappa shape index (κ2) is 8.14. The van der Waals surface area contributed by atoms with Gasteiger partial charge in [-0.1, -0.05) is 57.2 Å². The summed E-state index contributed by atoms with van der Waals surface area (Å²) in [6.45, 7) is 7.44. The molecule has 1 saturated carbocycles. The third-order valence-electron chi connectivity index (χ3n) is 8.06. The van der Waals surface area contributed by atoms with Gasteiger partial charge >= 0.3 is 6.18 Å². The highest BCUT2D eigenvalue weighted by atomic mass is 19.4. The molecule has 1 aliphatic carbocycles. The molecule has 0 N–H and O–H groups in total. The molecule has 2 aliphatic rings. The zero-order chi connectivity index (χ0) is 25.2. The van der Waals surface area contributed by atoms with Crippen molar-refractivity contribution < 1.29 is 18.0 Å². The van der Waals surface area contributed by atoms with E-state index in [-0.39, 0.29) is 34.8 Å². The second-order valence-electron chi connectivity index (χ2n) is 11.8. The number of fused-ring (bicyclic) bond motifs is 3. The van der Waals surface area contributed by atoms with Crippen LogP contribution in [0.5, 0.6) is 0 Å². The fourth-order valence-electron chi connectivity index (χ4n) is 7.14. The molecule has 3 nitrogen and oxygen atoms in total. The monoisotopic (exact) mass is 482 g/mol. The van der Waals surface area contributed by atoms with Crippen molar-refractivity contribution in [2.24, 2.45) is 17.9 Å². The van der Waals surface area contributed by atoms with Crippen LogP contribution in [0.15, 0.2) is 54.7 Å². The number of nitrogens with zero attached hydrogens (tertiary/aromatic N) is 2. The Balaban J connectivity index is 1.58. The lowest BCUT2D eigenvalue weighted by atomic mass is 9.65. The molecule has 6 heteroatoms. The van der Waals surface area contributed by atoms with Crippen LogP contribution in [0, 0.1) is 10.8 Å². The Morgan fingerprint density at radius 1 is 1.03 bits per heavy atom. The largest absolute Gasteiger partial charge is 0.416 e. The Morgan fingerprint density at radius 3 is 2.46 bits per heavy atom. The van der Waals surface area contributed by atoms with Crippen molar-refractivity contribution >= 4 is 16.8 Å². The molecular formula is C29H33F3N2O. The average molecular weight is 483 g/mol. The third-order valence-corrected chi connectivity index (χ3v) is 8.06. The zero-order valence-corrected chi connectivity index (χ0v) is 20.8. The Kier molecular flexibility index (Phi) is 5.57. The minimum Gasteiger partial charge on any atom is -0.350 e. The van der Waals surface area contributed by atoms with E-state index in [1.54, 1.807) is 6.07 Å². The van der Waals surface area contributed by atoms with E-state index < -0.39 is 17.7 Å². The van der Waals surface area contributed by atoms with Gasteiger partial charge in [0.2, 0.25) is 5.91 Å². The summed E-state index contributed by atoms with van der Waals surface area (Å²) >= 11 is 0. The Labute approximate surface area is 204 Å². The van der Waals surface area contributed by atoms with Crippen LogP contribution in [0.3, 0.4) is 0 Å². The maximum atomic E-state index is 14.1. The first-order valence-electron chi connectivity index (χ1n) is 12.4. The van der Waals surface area contributed by atoms with Gasteiger partial charge in [-0.2, -0.15) is 13.2 Å².